The van der Waals surface area contributed by atoms with Gasteiger partial charge in [-0.05, 0) is 56.9 Å². The number of sulfonamides is 2. The molecule has 0 bridgehead atoms. The van der Waals surface area contributed by atoms with Crippen molar-refractivity contribution in [3.05, 3.63) is 35.7 Å². The van der Waals surface area contributed by atoms with Crippen LogP contribution in [-0.4, -0.2) is 44.0 Å². The van der Waals surface area contributed by atoms with Crippen LogP contribution in [0.15, 0.2) is 34.1 Å². The maximum absolute atomic E-state index is 12.8. The van der Waals surface area contributed by atoms with Crippen molar-refractivity contribution in [3.63, 3.8) is 0 Å². The third-order valence-electron chi connectivity index (χ3n) is 5.20. The number of hydrogen-bond donors (Lipinski definition) is 1. The van der Waals surface area contributed by atoms with Crippen molar-refractivity contribution in [2.24, 2.45) is 13.0 Å². The summed E-state index contributed by atoms with van der Waals surface area (Å²) < 4.78 is 56.5. The van der Waals surface area contributed by atoms with Crippen molar-refractivity contribution >= 4 is 25.7 Å². The molecule has 0 unspecified atom stereocenters. The molecule has 8 nitrogen and oxygen atoms in total. The number of nitrogens with zero attached hydrogens (tertiary/aromatic N) is 3. The minimum Gasteiger partial charge on any atom is -0.280 e. The van der Waals surface area contributed by atoms with E-state index in [9.17, 15) is 16.8 Å². The molecule has 0 saturated carbocycles. The standard InChI is InChI=1S/C18H26N4O4S2/c1-13-9-11-22(12-10-13)28(25,26)17-7-5-16(6-8-17)20-27(23,24)18-14(2)19-21(4)15(18)3/h5-8,13,20H,9-12H2,1-4H3. The van der Waals surface area contributed by atoms with Gasteiger partial charge in [-0.2, -0.15) is 9.40 Å². The number of hydrogen-bond acceptors (Lipinski definition) is 5. The number of benzene rings is 1. The third-order valence-corrected chi connectivity index (χ3v) is 8.74. The molecule has 1 fully saturated rings. The van der Waals surface area contributed by atoms with Crippen LogP contribution in [0.3, 0.4) is 0 Å². The van der Waals surface area contributed by atoms with E-state index in [1.807, 2.05) is 0 Å². The Balaban J connectivity index is 1.81. The minimum absolute atomic E-state index is 0.133. The zero-order valence-electron chi connectivity index (χ0n) is 16.5. The fourth-order valence-electron chi connectivity index (χ4n) is 3.42. The highest BCUT2D eigenvalue weighted by molar-refractivity contribution is 7.92. The monoisotopic (exact) mass is 426 g/mol. The average molecular weight is 427 g/mol. The highest BCUT2D eigenvalue weighted by Crippen LogP contribution is 2.26. The third kappa shape index (κ3) is 3.94. The van der Waals surface area contributed by atoms with Crippen LogP contribution in [-0.2, 0) is 27.1 Å². The quantitative estimate of drug-likeness (QED) is 0.790. The predicted molar refractivity (Wildman–Crippen MR) is 107 cm³/mol. The Bertz CT molecular complexity index is 1070. The van der Waals surface area contributed by atoms with Crippen molar-refractivity contribution in [2.45, 2.75) is 43.4 Å². The van der Waals surface area contributed by atoms with Gasteiger partial charge in [-0.1, -0.05) is 6.92 Å². The summed E-state index contributed by atoms with van der Waals surface area (Å²) >= 11 is 0. The molecular weight excluding hydrogens is 400 g/mol. The van der Waals surface area contributed by atoms with Crippen LogP contribution >= 0.6 is 0 Å². The van der Waals surface area contributed by atoms with Crippen molar-refractivity contribution in [2.75, 3.05) is 17.8 Å². The lowest BCUT2D eigenvalue weighted by molar-refractivity contribution is 0.288. The van der Waals surface area contributed by atoms with Crippen LogP contribution < -0.4 is 4.72 Å². The number of piperidine rings is 1. The van der Waals surface area contributed by atoms with Gasteiger partial charge in [0.15, 0.2) is 0 Å². The maximum atomic E-state index is 12.8. The molecule has 1 aromatic heterocycles. The Morgan fingerprint density at radius 3 is 2.11 bits per heavy atom. The summed E-state index contributed by atoms with van der Waals surface area (Å²) in [4.78, 5) is 0.299. The fraction of sp³-hybridized carbons (Fsp3) is 0.500. The van der Waals surface area contributed by atoms with Gasteiger partial charge < -0.3 is 0 Å². The molecule has 0 aliphatic carbocycles. The molecule has 3 rings (SSSR count). The molecule has 1 saturated heterocycles. The van der Waals surface area contributed by atoms with Gasteiger partial charge in [-0.15, -0.1) is 0 Å². The molecule has 0 spiro atoms. The summed E-state index contributed by atoms with van der Waals surface area (Å²) in [6.07, 6.45) is 1.70. The zero-order valence-corrected chi connectivity index (χ0v) is 18.1. The van der Waals surface area contributed by atoms with Crippen molar-refractivity contribution < 1.29 is 16.8 Å². The normalized spacial score (nSPS) is 17.0. The van der Waals surface area contributed by atoms with E-state index >= 15 is 0 Å². The summed E-state index contributed by atoms with van der Waals surface area (Å²) in [6.45, 7) is 6.46. The molecule has 2 aromatic rings. The second kappa shape index (κ2) is 7.49. The van der Waals surface area contributed by atoms with Crippen LogP contribution in [0, 0.1) is 19.8 Å². The average Bonchev–Trinajstić information content (AvgIpc) is 2.88. The number of aromatic nitrogens is 2. The lowest BCUT2D eigenvalue weighted by atomic mass is 10.0. The first kappa shape index (κ1) is 20.8. The maximum Gasteiger partial charge on any atom is 0.265 e. The smallest absolute Gasteiger partial charge is 0.265 e. The summed E-state index contributed by atoms with van der Waals surface area (Å²) in [5, 5.41) is 4.13. The molecule has 0 amide bonds. The van der Waals surface area contributed by atoms with Crippen molar-refractivity contribution in [1.29, 1.82) is 0 Å². The molecule has 154 valence electrons. The molecule has 10 heteroatoms. The Labute approximate surface area is 166 Å². The second-order valence-electron chi connectivity index (χ2n) is 7.34. The van der Waals surface area contributed by atoms with E-state index in [2.05, 4.69) is 16.7 Å². The molecule has 28 heavy (non-hydrogen) atoms. The summed E-state index contributed by atoms with van der Waals surface area (Å²) in [6, 6.07) is 5.82. The van der Waals surface area contributed by atoms with Gasteiger partial charge in [0.25, 0.3) is 10.0 Å². The molecule has 1 aromatic carbocycles. The Kier molecular flexibility index (Phi) is 5.57. The van der Waals surface area contributed by atoms with Crippen LogP contribution in [0.1, 0.15) is 31.2 Å². The van der Waals surface area contributed by atoms with E-state index in [4.69, 9.17) is 0 Å². The van der Waals surface area contributed by atoms with Crippen LogP contribution in [0.2, 0.25) is 0 Å². The number of rotatable bonds is 5. The predicted octanol–water partition coefficient (Wildman–Crippen LogP) is 2.26. The SMILES string of the molecule is Cc1nn(C)c(C)c1S(=O)(=O)Nc1ccc(S(=O)(=O)N2CCC(C)CC2)cc1. The molecule has 2 heterocycles. The molecule has 1 N–H and O–H groups in total. The van der Waals surface area contributed by atoms with Crippen molar-refractivity contribution in [1.82, 2.24) is 14.1 Å². The van der Waals surface area contributed by atoms with Gasteiger partial charge in [-0.3, -0.25) is 9.40 Å². The van der Waals surface area contributed by atoms with E-state index in [0.29, 0.717) is 36.1 Å². The van der Waals surface area contributed by atoms with Gasteiger partial charge in [-0.25, -0.2) is 16.8 Å². The van der Waals surface area contributed by atoms with Gasteiger partial charge >= 0.3 is 0 Å². The largest absolute Gasteiger partial charge is 0.280 e. The second-order valence-corrected chi connectivity index (χ2v) is 10.9. The molecule has 1 aliphatic heterocycles. The number of nitrogens with one attached hydrogen (secondary N) is 1. The van der Waals surface area contributed by atoms with Crippen LogP contribution in [0.4, 0.5) is 5.69 Å². The fourth-order valence-corrected chi connectivity index (χ4v) is 6.39. The molecule has 0 radical (unpaired) electrons. The molecular formula is C18H26N4O4S2. The summed E-state index contributed by atoms with van der Waals surface area (Å²) in [5.74, 6) is 0.530. The Hall–Kier alpha value is -1.91. The molecule has 1 aliphatic rings. The first-order valence-electron chi connectivity index (χ1n) is 9.15. The summed E-state index contributed by atoms with van der Waals surface area (Å²) in [7, 11) is -5.70. The first-order chi connectivity index (χ1) is 13.0. The van der Waals surface area contributed by atoms with E-state index in [1.165, 1.54) is 33.3 Å². The minimum atomic E-state index is -3.82. The zero-order chi connectivity index (χ0) is 20.7. The number of aryl methyl sites for hydroxylation is 2. The lowest BCUT2D eigenvalue weighted by Crippen LogP contribution is -2.37. The molecule has 0 atom stereocenters. The van der Waals surface area contributed by atoms with Gasteiger partial charge in [0.2, 0.25) is 10.0 Å². The van der Waals surface area contributed by atoms with Crippen LogP contribution in [0.25, 0.3) is 0 Å². The highest BCUT2D eigenvalue weighted by Gasteiger charge is 2.28. The lowest BCUT2D eigenvalue weighted by Gasteiger charge is -2.29. The summed E-state index contributed by atoms with van der Waals surface area (Å²) in [5.41, 5.74) is 1.24. The van der Waals surface area contributed by atoms with Gasteiger partial charge in [0.05, 0.1) is 16.3 Å². The van der Waals surface area contributed by atoms with Crippen molar-refractivity contribution in [3.8, 4) is 0 Å². The Morgan fingerprint density at radius 2 is 1.61 bits per heavy atom. The Morgan fingerprint density at radius 1 is 1.04 bits per heavy atom. The van der Waals surface area contributed by atoms with Crippen LogP contribution in [0.5, 0.6) is 0 Å². The van der Waals surface area contributed by atoms with E-state index in [1.54, 1.807) is 20.9 Å². The van der Waals surface area contributed by atoms with Gasteiger partial charge in [0.1, 0.15) is 4.90 Å². The van der Waals surface area contributed by atoms with E-state index in [-0.39, 0.29) is 9.79 Å². The topological polar surface area (TPSA) is 101 Å². The van der Waals surface area contributed by atoms with E-state index < -0.39 is 20.0 Å². The number of anilines is 1. The van der Waals surface area contributed by atoms with E-state index in [0.717, 1.165) is 12.8 Å². The first-order valence-corrected chi connectivity index (χ1v) is 12.1. The van der Waals surface area contributed by atoms with Gasteiger partial charge in [0, 0.05) is 25.8 Å². The highest BCUT2D eigenvalue weighted by atomic mass is 32.2.